The second-order valence-corrected chi connectivity index (χ2v) is 6.76. The van der Waals surface area contributed by atoms with Gasteiger partial charge >= 0.3 is 0 Å². The first kappa shape index (κ1) is 18.9. The van der Waals surface area contributed by atoms with Gasteiger partial charge in [0.25, 0.3) is 5.91 Å². The zero-order chi connectivity index (χ0) is 18.7. The van der Waals surface area contributed by atoms with Gasteiger partial charge in [0.15, 0.2) is 5.65 Å². The molecule has 136 valence electrons. The Hall–Kier alpha value is -2.44. The van der Waals surface area contributed by atoms with E-state index in [1.54, 1.807) is 19.2 Å². The number of fused-ring (bicyclic) bond motifs is 1. The monoisotopic (exact) mass is 345 g/mol. The number of carbonyl (C=O) groups is 2. The van der Waals surface area contributed by atoms with Gasteiger partial charge in [-0.15, -0.1) is 0 Å². The Bertz CT molecular complexity index is 779. The molecule has 7 heteroatoms. The van der Waals surface area contributed by atoms with Gasteiger partial charge in [-0.3, -0.25) is 9.59 Å². The van der Waals surface area contributed by atoms with Crippen LogP contribution in [0.2, 0.25) is 0 Å². The topological polar surface area (TPSA) is 88.9 Å². The van der Waals surface area contributed by atoms with Crippen molar-refractivity contribution in [1.82, 2.24) is 25.4 Å². The van der Waals surface area contributed by atoms with Crippen LogP contribution in [0.3, 0.4) is 0 Å². The molecule has 0 aromatic carbocycles. The summed E-state index contributed by atoms with van der Waals surface area (Å²) in [5, 5.41) is 10.5. The first-order valence-electron chi connectivity index (χ1n) is 8.72. The van der Waals surface area contributed by atoms with Crippen LogP contribution in [-0.4, -0.2) is 39.2 Å². The molecular formula is C18H27N5O2. The lowest BCUT2D eigenvalue weighted by Gasteiger charge is -2.15. The Labute approximate surface area is 148 Å². The molecule has 7 nitrogen and oxygen atoms in total. The van der Waals surface area contributed by atoms with Gasteiger partial charge in [-0.05, 0) is 39.7 Å². The third kappa shape index (κ3) is 3.97. The molecule has 0 spiro atoms. The number of nitrogens with zero attached hydrogens (tertiary/aromatic N) is 3. The predicted molar refractivity (Wildman–Crippen MR) is 97.6 cm³/mol. The average molecular weight is 345 g/mol. The highest BCUT2D eigenvalue weighted by Gasteiger charge is 2.21. The number of aromatic nitrogens is 3. The molecule has 0 saturated carbocycles. The number of likely N-dealkylation sites (N-methyl/N-ethyl adjacent to an activating group) is 1. The Kier molecular flexibility index (Phi) is 5.77. The molecule has 0 aliphatic heterocycles. The highest BCUT2D eigenvalue weighted by molar-refractivity contribution is 6.06. The highest BCUT2D eigenvalue weighted by Crippen LogP contribution is 2.24. The molecule has 2 amide bonds. The van der Waals surface area contributed by atoms with Crippen LogP contribution >= 0.6 is 0 Å². The standard InChI is InChI=1S/C18H27N5O2/c1-7-19-17(24)12(6)21-18(25)13-8-15(10(2)3)22-16-14(13)9-20-23(16)11(4)5/h8-12H,7H2,1-6H3,(H,19,24)(H,21,25)/t12-/m1/s1. The Balaban J connectivity index is 2.45. The predicted octanol–water partition coefficient (Wildman–Crippen LogP) is 2.39. The van der Waals surface area contributed by atoms with Gasteiger partial charge in [0, 0.05) is 18.3 Å². The lowest BCUT2D eigenvalue weighted by Crippen LogP contribution is -2.44. The lowest BCUT2D eigenvalue weighted by atomic mass is 10.0. The number of carbonyl (C=O) groups excluding carboxylic acids is 2. The summed E-state index contributed by atoms with van der Waals surface area (Å²) < 4.78 is 1.81. The first-order valence-corrected chi connectivity index (χ1v) is 8.72. The van der Waals surface area contributed by atoms with E-state index in [1.807, 2.05) is 39.3 Å². The molecule has 0 aliphatic carbocycles. The van der Waals surface area contributed by atoms with Gasteiger partial charge in [0.2, 0.25) is 5.91 Å². The lowest BCUT2D eigenvalue weighted by molar-refractivity contribution is -0.122. The molecule has 0 unspecified atom stereocenters. The number of amides is 2. The van der Waals surface area contributed by atoms with Crippen LogP contribution in [0.4, 0.5) is 0 Å². The third-order valence-electron chi connectivity index (χ3n) is 4.00. The van der Waals surface area contributed by atoms with Crippen LogP contribution in [0.1, 0.15) is 69.6 Å². The quantitative estimate of drug-likeness (QED) is 0.841. The van der Waals surface area contributed by atoms with E-state index in [9.17, 15) is 9.59 Å². The summed E-state index contributed by atoms with van der Waals surface area (Å²) in [5.74, 6) is -0.327. The molecule has 0 saturated heterocycles. The minimum Gasteiger partial charge on any atom is -0.355 e. The molecule has 0 aliphatic rings. The second-order valence-electron chi connectivity index (χ2n) is 6.76. The summed E-state index contributed by atoms with van der Waals surface area (Å²) in [6.45, 7) is 12.1. The fourth-order valence-corrected chi connectivity index (χ4v) is 2.57. The maximum atomic E-state index is 12.8. The van der Waals surface area contributed by atoms with Crippen molar-refractivity contribution >= 4 is 22.8 Å². The molecule has 25 heavy (non-hydrogen) atoms. The maximum Gasteiger partial charge on any atom is 0.252 e. The molecule has 0 bridgehead atoms. The average Bonchev–Trinajstić information content (AvgIpc) is 2.97. The molecule has 2 aromatic rings. The van der Waals surface area contributed by atoms with Crippen molar-refractivity contribution in [3.8, 4) is 0 Å². The van der Waals surface area contributed by atoms with Crippen molar-refractivity contribution < 1.29 is 9.59 Å². The van der Waals surface area contributed by atoms with Crippen molar-refractivity contribution in [3.63, 3.8) is 0 Å². The Morgan fingerprint density at radius 2 is 1.88 bits per heavy atom. The number of hydrogen-bond donors (Lipinski definition) is 2. The van der Waals surface area contributed by atoms with E-state index in [0.29, 0.717) is 23.1 Å². The van der Waals surface area contributed by atoms with E-state index >= 15 is 0 Å². The summed E-state index contributed by atoms with van der Waals surface area (Å²) >= 11 is 0. The van der Waals surface area contributed by atoms with E-state index in [2.05, 4.69) is 20.7 Å². The van der Waals surface area contributed by atoms with Gasteiger partial charge in [0.1, 0.15) is 6.04 Å². The van der Waals surface area contributed by atoms with Crippen LogP contribution in [0.15, 0.2) is 12.3 Å². The number of nitrogens with one attached hydrogen (secondary N) is 2. The number of hydrogen-bond acceptors (Lipinski definition) is 4. The van der Waals surface area contributed by atoms with Gasteiger partial charge < -0.3 is 10.6 Å². The van der Waals surface area contributed by atoms with Crippen molar-refractivity contribution in [2.75, 3.05) is 6.54 Å². The van der Waals surface area contributed by atoms with Crippen LogP contribution < -0.4 is 10.6 Å². The third-order valence-corrected chi connectivity index (χ3v) is 4.00. The molecule has 0 fully saturated rings. The minimum atomic E-state index is -0.613. The molecule has 2 rings (SSSR count). The fraction of sp³-hybridized carbons (Fsp3) is 0.556. The summed E-state index contributed by atoms with van der Waals surface area (Å²) in [6.07, 6.45) is 1.66. The Morgan fingerprint density at radius 1 is 1.20 bits per heavy atom. The van der Waals surface area contributed by atoms with Crippen LogP contribution in [0, 0.1) is 0 Å². The smallest absolute Gasteiger partial charge is 0.252 e. The molecule has 0 radical (unpaired) electrons. The van der Waals surface area contributed by atoms with E-state index in [-0.39, 0.29) is 23.8 Å². The van der Waals surface area contributed by atoms with E-state index < -0.39 is 6.04 Å². The van der Waals surface area contributed by atoms with Gasteiger partial charge in [-0.25, -0.2) is 9.67 Å². The molecule has 2 N–H and O–H groups in total. The summed E-state index contributed by atoms with van der Waals surface area (Å²) in [6, 6.07) is 1.31. The largest absolute Gasteiger partial charge is 0.355 e. The minimum absolute atomic E-state index is 0.137. The van der Waals surface area contributed by atoms with Gasteiger partial charge in [0.05, 0.1) is 17.1 Å². The van der Waals surface area contributed by atoms with E-state index in [1.165, 1.54) is 0 Å². The van der Waals surface area contributed by atoms with Crippen LogP contribution in [0.5, 0.6) is 0 Å². The van der Waals surface area contributed by atoms with Crippen molar-refractivity contribution in [2.24, 2.45) is 0 Å². The van der Waals surface area contributed by atoms with E-state index in [0.717, 1.165) is 5.69 Å². The molecular weight excluding hydrogens is 318 g/mol. The normalized spacial score (nSPS) is 12.6. The first-order chi connectivity index (χ1) is 11.8. The summed E-state index contributed by atoms with van der Waals surface area (Å²) in [5.41, 5.74) is 2.01. The molecule has 2 heterocycles. The summed E-state index contributed by atoms with van der Waals surface area (Å²) in [4.78, 5) is 29.3. The number of pyridine rings is 1. The maximum absolute atomic E-state index is 12.8. The molecule has 2 aromatic heterocycles. The highest BCUT2D eigenvalue weighted by atomic mass is 16.2. The van der Waals surface area contributed by atoms with Crippen LogP contribution in [-0.2, 0) is 4.79 Å². The van der Waals surface area contributed by atoms with Crippen molar-refractivity contribution in [3.05, 3.63) is 23.5 Å². The van der Waals surface area contributed by atoms with E-state index in [4.69, 9.17) is 0 Å². The summed E-state index contributed by atoms with van der Waals surface area (Å²) in [7, 11) is 0. The molecule has 1 atom stereocenters. The zero-order valence-corrected chi connectivity index (χ0v) is 15.8. The fourth-order valence-electron chi connectivity index (χ4n) is 2.57. The number of rotatable bonds is 6. The van der Waals surface area contributed by atoms with Crippen molar-refractivity contribution in [1.29, 1.82) is 0 Å². The second kappa shape index (κ2) is 7.63. The van der Waals surface area contributed by atoms with Crippen LogP contribution in [0.25, 0.3) is 11.0 Å². The van der Waals surface area contributed by atoms with Gasteiger partial charge in [-0.1, -0.05) is 13.8 Å². The Morgan fingerprint density at radius 3 is 2.44 bits per heavy atom. The zero-order valence-electron chi connectivity index (χ0n) is 15.8. The SMILES string of the molecule is CCNC(=O)[C@@H](C)NC(=O)c1cc(C(C)C)nc2c1cnn2C(C)C. The van der Waals surface area contributed by atoms with Crippen molar-refractivity contribution in [2.45, 2.75) is 59.5 Å². The van der Waals surface area contributed by atoms with Gasteiger partial charge in [-0.2, -0.15) is 5.10 Å².